The Morgan fingerprint density at radius 3 is 2.44 bits per heavy atom. The highest BCUT2D eigenvalue weighted by atomic mass is 31.2. The number of carboxylic acids is 1. The Kier molecular flexibility index (Phi) is 10.5. The molecule has 39 heavy (non-hydrogen) atoms. The van der Waals surface area contributed by atoms with Gasteiger partial charge in [-0.05, 0) is 19.5 Å². The maximum atomic E-state index is 12.3. The van der Waals surface area contributed by atoms with E-state index in [2.05, 4.69) is 9.84 Å². The second-order valence-electron chi connectivity index (χ2n) is 8.83. The summed E-state index contributed by atoms with van der Waals surface area (Å²) < 4.78 is 33.5. The number of aliphatic carboxylic acids is 1. The number of hydrogen-bond acceptors (Lipinski definition) is 14. The highest BCUT2D eigenvalue weighted by Crippen LogP contribution is 2.42. The first-order valence-corrected chi connectivity index (χ1v) is 13.2. The van der Waals surface area contributed by atoms with Gasteiger partial charge in [0.15, 0.2) is 12.5 Å². The summed E-state index contributed by atoms with van der Waals surface area (Å²) in [5.41, 5.74) is 9.29. The quantitative estimate of drug-likeness (QED) is 0.0762. The third kappa shape index (κ3) is 7.35. The number of H-pyrrole nitrogens is 1. The number of phosphoric acid groups is 1. The fourth-order valence-electron chi connectivity index (χ4n) is 4.31. The Morgan fingerprint density at radius 1 is 1.18 bits per heavy atom. The van der Waals surface area contributed by atoms with Gasteiger partial charge in [-0.25, -0.2) is 9.36 Å². The topological polar surface area (TPSA) is 311 Å². The van der Waals surface area contributed by atoms with Crippen LogP contribution in [0.3, 0.4) is 0 Å². The van der Waals surface area contributed by atoms with Crippen molar-refractivity contribution in [2.24, 2.45) is 11.5 Å². The number of phosphoric ester groups is 1. The normalized spacial score (nSPS) is 32.8. The molecule has 222 valence electrons. The lowest BCUT2D eigenvalue weighted by molar-refractivity contribution is -0.228. The summed E-state index contributed by atoms with van der Waals surface area (Å²) >= 11 is 0. The molecule has 3 heterocycles. The molecule has 10 atom stereocenters. The molecule has 1 aromatic rings. The molecule has 2 aliphatic heterocycles. The van der Waals surface area contributed by atoms with Gasteiger partial charge >= 0.3 is 19.5 Å². The zero-order valence-electron chi connectivity index (χ0n) is 20.3. The Hall–Kier alpha value is -2.10. The van der Waals surface area contributed by atoms with Crippen LogP contribution >= 0.6 is 7.82 Å². The van der Waals surface area contributed by atoms with E-state index in [1.807, 2.05) is 4.98 Å². The van der Waals surface area contributed by atoms with Crippen LogP contribution in [0.15, 0.2) is 21.9 Å². The van der Waals surface area contributed by atoms with Gasteiger partial charge < -0.3 is 61.2 Å². The van der Waals surface area contributed by atoms with E-state index < -0.39 is 86.3 Å². The molecule has 1 aromatic heterocycles. The summed E-state index contributed by atoms with van der Waals surface area (Å²) in [6.45, 7) is -0.153. The van der Waals surface area contributed by atoms with Crippen LogP contribution < -0.4 is 28.0 Å². The van der Waals surface area contributed by atoms with E-state index >= 15 is 0 Å². The van der Waals surface area contributed by atoms with Gasteiger partial charge in [0.25, 0.3) is 5.56 Å². The van der Waals surface area contributed by atoms with Gasteiger partial charge in [0, 0.05) is 18.8 Å². The van der Waals surface area contributed by atoms with Crippen LogP contribution in [0.5, 0.6) is 0 Å². The van der Waals surface area contributed by atoms with Gasteiger partial charge in [-0.1, -0.05) is 0 Å². The minimum absolute atomic E-state index is 0.0466. The van der Waals surface area contributed by atoms with Crippen LogP contribution in [0, 0.1) is 0 Å². The molecule has 20 heteroatoms. The van der Waals surface area contributed by atoms with Crippen molar-refractivity contribution in [3.8, 4) is 0 Å². The molecule has 0 saturated carbocycles. The summed E-state index contributed by atoms with van der Waals surface area (Å²) in [4.78, 5) is 56.2. The molecule has 0 aliphatic carbocycles. The average Bonchev–Trinajstić information content (AvgIpc) is 3.30. The zero-order chi connectivity index (χ0) is 29.1. The lowest BCUT2D eigenvalue weighted by Crippen LogP contribution is -2.57. The SMILES string of the molecule is NCCCN[C@H](C(=O)O)[C@H](O[C@@H]1O[C@H](CN)[C@@H](OP(=O)(O)O)[C@H]1O)[C@H]1O[C@@H](n2ccc(=O)[nH]c2=O)[C@H](O)[C@@H]1O. The third-order valence-electron chi connectivity index (χ3n) is 6.14. The van der Waals surface area contributed by atoms with Gasteiger partial charge in [0.1, 0.15) is 48.8 Å². The number of aromatic nitrogens is 2. The molecular formula is C19H32N5O14P. The smallest absolute Gasteiger partial charge is 0.470 e. The maximum absolute atomic E-state index is 12.3. The molecule has 2 fully saturated rings. The van der Waals surface area contributed by atoms with Crippen molar-refractivity contribution in [1.82, 2.24) is 14.9 Å². The second kappa shape index (κ2) is 13.0. The molecule has 2 saturated heterocycles. The van der Waals surface area contributed by atoms with Crippen molar-refractivity contribution < 1.29 is 58.3 Å². The zero-order valence-corrected chi connectivity index (χ0v) is 21.1. The molecule has 3 rings (SSSR count). The first-order chi connectivity index (χ1) is 18.3. The van der Waals surface area contributed by atoms with Gasteiger partial charge in [-0.15, -0.1) is 0 Å². The number of nitrogens with two attached hydrogens (primary N) is 2. The number of aromatic amines is 1. The van der Waals surface area contributed by atoms with E-state index in [1.54, 1.807) is 0 Å². The molecule has 0 bridgehead atoms. The molecule has 0 aromatic carbocycles. The Morgan fingerprint density at radius 2 is 1.87 bits per heavy atom. The Bertz CT molecular complexity index is 1140. The fourth-order valence-corrected chi connectivity index (χ4v) is 4.89. The monoisotopic (exact) mass is 585 g/mol. The van der Waals surface area contributed by atoms with Gasteiger partial charge in [-0.2, -0.15) is 0 Å². The number of rotatable bonds is 13. The number of hydrogen-bond donors (Lipinski definition) is 10. The largest absolute Gasteiger partial charge is 0.480 e. The number of carboxylic acid groups (broad SMARTS) is 1. The van der Waals surface area contributed by atoms with Crippen molar-refractivity contribution >= 4 is 13.8 Å². The summed E-state index contributed by atoms with van der Waals surface area (Å²) in [5, 5.41) is 44.7. The first-order valence-electron chi connectivity index (χ1n) is 11.7. The van der Waals surface area contributed by atoms with Crippen LogP contribution in [0.4, 0.5) is 0 Å². The summed E-state index contributed by atoms with van der Waals surface area (Å²) in [5.74, 6) is -1.52. The van der Waals surface area contributed by atoms with Crippen LogP contribution in [-0.4, -0.2) is 120 Å². The van der Waals surface area contributed by atoms with Crippen molar-refractivity contribution in [3.63, 3.8) is 0 Å². The maximum Gasteiger partial charge on any atom is 0.470 e. The summed E-state index contributed by atoms with van der Waals surface area (Å²) in [6.07, 6.45) is -14.1. The minimum atomic E-state index is -5.13. The Labute approximate surface area is 219 Å². The van der Waals surface area contributed by atoms with E-state index in [1.165, 1.54) is 0 Å². The van der Waals surface area contributed by atoms with Crippen molar-refractivity contribution in [3.05, 3.63) is 33.1 Å². The number of aliphatic hydroxyl groups is 3. The standard InChI is InChI=1S/C19H32N5O14P/c20-3-1-4-22-9(17(29)30)14(37-18-12(28)13(7(6-21)35-18)38-39(32,33)34)15-10(26)11(27)16(36-15)24-5-2-8(25)23-19(24)31/h2,5,7,9-16,18,22,26-28H,1,3-4,6,20-21H2,(H,29,30)(H,23,25,31)(H2,32,33,34)/t7-,9+,10+,11-,12-,13-,14+,15+,16-,18+/m1/s1. The van der Waals surface area contributed by atoms with Crippen molar-refractivity contribution in [1.29, 1.82) is 0 Å². The lowest BCUT2D eigenvalue weighted by Gasteiger charge is -2.33. The third-order valence-corrected chi connectivity index (χ3v) is 6.66. The number of ether oxygens (including phenoxy) is 3. The van der Waals surface area contributed by atoms with Crippen LogP contribution in [0.25, 0.3) is 0 Å². The van der Waals surface area contributed by atoms with Crippen LogP contribution in [-0.2, 0) is 28.1 Å². The first kappa shape index (κ1) is 31.4. The summed E-state index contributed by atoms with van der Waals surface area (Å²) in [7, 11) is -5.13. The van der Waals surface area contributed by atoms with E-state index in [-0.39, 0.29) is 19.6 Å². The average molecular weight is 585 g/mol. The molecule has 0 radical (unpaired) electrons. The summed E-state index contributed by atoms with van der Waals surface area (Å²) in [6, 6.07) is -0.737. The van der Waals surface area contributed by atoms with Crippen LogP contribution in [0.2, 0.25) is 0 Å². The minimum Gasteiger partial charge on any atom is -0.480 e. The second-order valence-corrected chi connectivity index (χ2v) is 10.0. The predicted octanol–water partition coefficient (Wildman–Crippen LogP) is -5.54. The highest BCUT2D eigenvalue weighted by molar-refractivity contribution is 7.46. The van der Waals surface area contributed by atoms with E-state index in [0.29, 0.717) is 6.42 Å². The van der Waals surface area contributed by atoms with E-state index in [4.69, 9.17) is 25.7 Å². The van der Waals surface area contributed by atoms with Gasteiger partial charge in [0.2, 0.25) is 0 Å². The number of nitrogens with one attached hydrogen (secondary N) is 2. The number of aliphatic hydroxyl groups excluding tert-OH is 3. The van der Waals surface area contributed by atoms with Gasteiger partial charge in [-0.3, -0.25) is 23.7 Å². The fraction of sp³-hybridized carbons (Fsp3) is 0.737. The molecular weight excluding hydrogens is 553 g/mol. The molecule has 12 N–H and O–H groups in total. The van der Waals surface area contributed by atoms with Gasteiger partial charge in [0.05, 0.1) is 0 Å². The molecule has 0 spiro atoms. The molecule has 19 nitrogen and oxygen atoms in total. The van der Waals surface area contributed by atoms with E-state index in [0.717, 1.165) is 16.8 Å². The van der Waals surface area contributed by atoms with E-state index in [9.17, 15) is 49.2 Å². The predicted molar refractivity (Wildman–Crippen MR) is 126 cm³/mol. The molecule has 0 amide bonds. The molecule has 0 unspecified atom stereocenters. The molecule has 2 aliphatic rings. The number of carbonyl (C=O) groups is 1. The van der Waals surface area contributed by atoms with Crippen molar-refractivity contribution in [2.75, 3.05) is 19.6 Å². The highest BCUT2D eigenvalue weighted by Gasteiger charge is 2.55. The lowest BCUT2D eigenvalue weighted by atomic mass is 9.98. The number of nitrogens with zero attached hydrogens (tertiary/aromatic N) is 1. The van der Waals surface area contributed by atoms with Crippen molar-refractivity contribution in [2.45, 2.75) is 67.7 Å². The van der Waals surface area contributed by atoms with Crippen LogP contribution in [0.1, 0.15) is 12.6 Å². The Balaban J connectivity index is 1.95.